The van der Waals surface area contributed by atoms with Crippen LogP contribution in [0.2, 0.25) is 0 Å². The third kappa shape index (κ3) is 4.99. The highest BCUT2D eigenvalue weighted by atomic mass is 79.9. The third-order valence-electron chi connectivity index (χ3n) is 4.51. The number of carbonyl (C=O) groups excluding carboxylic acids is 1. The molecule has 1 aromatic carbocycles. The molecule has 0 amide bonds. The van der Waals surface area contributed by atoms with Crippen molar-refractivity contribution >= 4 is 21.7 Å². The van der Waals surface area contributed by atoms with Gasteiger partial charge in [-0.05, 0) is 46.1 Å². The Bertz CT molecular complexity index is 553. The maximum absolute atomic E-state index is 12.5. The highest BCUT2D eigenvalue weighted by molar-refractivity contribution is 9.09. The summed E-state index contributed by atoms with van der Waals surface area (Å²) in [6.07, 6.45) is 9.46. The summed E-state index contributed by atoms with van der Waals surface area (Å²) in [4.78, 5) is 12.5. The maximum atomic E-state index is 12.5. The predicted molar refractivity (Wildman–Crippen MR) is 98.4 cm³/mol. The van der Waals surface area contributed by atoms with Crippen LogP contribution in [0.4, 0.5) is 0 Å². The van der Waals surface area contributed by atoms with Crippen molar-refractivity contribution in [3.8, 4) is 12.3 Å². The van der Waals surface area contributed by atoms with Gasteiger partial charge >= 0.3 is 0 Å². The lowest BCUT2D eigenvalue weighted by Gasteiger charge is -2.29. The molecule has 0 radical (unpaired) electrons. The predicted octanol–water partition coefficient (Wildman–Crippen LogP) is 5.44. The zero-order valence-corrected chi connectivity index (χ0v) is 15.8. The van der Waals surface area contributed by atoms with Crippen molar-refractivity contribution < 1.29 is 4.79 Å². The molecule has 0 spiro atoms. The van der Waals surface area contributed by atoms with Crippen molar-refractivity contribution in [3.63, 3.8) is 0 Å². The Balaban J connectivity index is 2.82. The van der Waals surface area contributed by atoms with E-state index in [-0.39, 0.29) is 11.2 Å². The van der Waals surface area contributed by atoms with Crippen molar-refractivity contribution in [1.29, 1.82) is 0 Å². The molecule has 0 aliphatic heterocycles. The number of terminal acetylenes is 1. The minimum absolute atomic E-state index is 0.0564. The first kappa shape index (κ1) is 19.0. The van der Waals surface area contributed by atoms with E-state index in [9.17, 15) is 4.79 Å². The monoisotopic (exact) mass is 362 g/mol. The molecule has 1 nitrogen and oxygen atoms in total. The van der Waals surface area contributed by atoms with E-state index in [4.69, 9.17) is 6.42 Å². The molecule has 1 aromatic rings. The minimum Gasteiger partial charge on any atom is -0.298 e. The average Bonchev–Trinajstić information content (AvgIpc) is 2.50. The van der Waals surface area contributed by atoms with Crippen LogP contribution in [0.5, 0.6) is 0 Å². The molecule has 0 aliphatic rings. The number of hydrogen-bond donors (Lipinski definition) is 0. The zero-order valence-electron chi connectivity index (χ0n) is 14.2. The van der Waals surface area contributed by atoms with Crippen LogP contribution in [0.15, 0.2) is 24.3 Å². The van der Waals surface area contributed by atoms with Crippen LogP contribution in [0.25, 0.3) is 0 Å². The van der Waals surface area contributed by atoms with Gasteiger partial charge < -0.3 is 0 Å². The van der Waals surface area contributed by atoms with Gasteiger partial charge in [-0.3, -0.25) is 4.79 Å². The van der Waals surface area contributed by atoms with Crippen molar-refractivity contribution in [1.82, 2.24) is 0 Å². The van der Waals surface area contributed by atoms with Crippen LogP contribution in [0, 0.1) is 24.7 Å². The summed E-state index contributed by atoms with van der Waals surface area (Å²) >= 11 is 3.34. The van der Waals surface area contributed by atoms with E-state index in [1.54, 1.807) is 0 Å². The van der Waals surface area contributed by atoms with E-state index < -0.39 is 5.41 Å². The fourth-order valence-electron chi connectivity index (χ4n) is 2.70. The number of rotatable bonds is 8. The molecule has 120 valence electrons. The van der Waals surface area contributed by atoms with Crippen LogP contribution in [-0.4, -0.2) is 11.1 Å². The van der Waals surface area contributed by atoms with Gasteiger partial charge in [-0.2, -0.15) is 0 Å². The normalized spacial score (nSPS) is 14.2. The van der Waals surface area contributed by atoms with Gasteiger partial charge in [0.15, 0.2) is 5.78 Å². The van der Waals surface area contributed by atoms with Gasteiger partial charge in [0.1, 0.15) is 0 Å². The molecular weight excluding hydrogens is 336 g/mol. The number of ketones is 1. The summed E-state index contributed by atoms with van der Waals surface area (Å²) < 4.78 is 0. The summed E-state index contributed by atoms with van der Waals surface area (Å²) in [5, 5.41) is 0.396. The van der Waals surface area contributed by atoms with Crippen molar-refractivity contribution in [2.45, 2.75) is 58.8 Å². The summed E-state index contributed by atoms with van der Waals surface area (Å²) in [5.74, 6) is 3.08. The van der Waals surface area contributed by atoms with E-state index in [2.05, 4.69) is 67.7 Å². The molecule has 0 N–H and O–H groups in total. The summed E-state index contributed by atoms with van der Waals surface area (Å²) in [6, 6.07) is 8.30. The second-order valence-electron chi connectivity index (χ2n) is 6.99. The highest BCUT2D eigenvalue weighted by Crippen LogP contribution is 2.33. The molecule has 0 bridgehead atoms. The van der Waals surface area contributed by atoms with Gasteiger partial charge in [0.25, 0.3) is 0 Å². The number of unbranched alkanes of at least 4 members (excludes halogenated alkanes) is 1. The average molecular weight is 363 g/mol. The second kappa shape index (κ2) is 7.97. The number of Topliss-reactive ketones (excluding diaryl/α,β-unsaturated/α-hetero) is 1. The quantitative estimate of drug-likeness (QED) is 0.342. The molecule has 0 fully saturated rings. The molecule has 0 heterocycles. The van der Waals surface area contributed by atoms with E-state index in [1.165, 1.54) is 5.56 Å². The second-order valence-corrected chi connectivity index (χ2v) is 7.55. The minimum atomic E-state index is -0.421. The van der Waals surface area contributed by atoms with Gasteiger partial charge in [0.2, 0.25) is 0 Å². The van der Waals surface area contributed by atoms with Crippen LogP contribution in [0.3, 0.4) is 0 Å². The summed E-state index contributed by atoms with van der Waals surface area (Å²) in [7, 11) is 0. The highest BCUT2D eigenvalue weighted by Gasteiger charge is 2.33. The van der Waals surface area contributed by atoms with Gasteiger partial charge in [-0.25, -0.2) is 0 Å². The molecule has 0 saturated carbocycles. The van der Waals surface area contributed by atoms with Crippen LogP contribution < -0.4 is 0 Å². The van der Waals surface area contributed by atoms with Crippen molar-refractivity contribution in [3.05, 3.63) is 35.4 Å². The van der Waals surface area contributed by atoms with Crippen LogP contribution in [0.1, 0.15) is 57.6 Å². The number of alkyl halides is 1. The first-order chi connectivity index (χ1) is 10.2. The van der Waals surface area contributed by atoms with Crippen LogP contribution in [-0.2, 0) is 10.2 Å². The SMILES string of the molecule is C#CC(C)(C)CCCCC(C)(C(=O)CBr)c1cccc(C)c1. The molecule has 0 saturated heterocycles. The first-order valence-corrected chi connectivity index (χ1v) is 9.01. The fraction of sp³-hybridized carbons (Fsp3) is 0.550. The van der Waals surface area contributed by atoms with Crippen LogP contribution >= 0.6 is 15.9 Å². The number of hydrogen-bond acceptors (Lipinski definition) is 1. The third-order valence-corrected chi connectivity index (χ3v) is 5.02. The lowest BCUT2D eigenvalue weighted by atomic mass is 9.74. The Morgan fingerprint density at radius 3 is 2.41 bits per heavy atom. The smallest absolute Gasteiger partial charge is 0.153 e. The van der Waals surface area contributed by atoms with E-state index in [1.807, 2.05) is 6.07 Å². The maximum Gasteiger partial charge on any atom is 0.153 e. The molecule has 0 aromatic heterocycles. The zero-order chi connectivity index (χ0) is 16.8. The lowest BCUT2D eigenvalue weighted by Crippen LogP contribution is -2.33. The number of carbonyl (C=O) groups is 1. The molecule has 22 heavy (non-hydrogen) atoms. The van der Waals surface area contributed by atoms with Gasteiger partial charge in [-0.1, -0.05) is 58.6 Å². The fourth-order valence-corrected chi connectivity index (χ4v) is 3.32. The number of aryl methyl sites for hydroxylation is 1. The molecule has 1 unspecified atom stereocenters. The van der Waals surface area contributed by atoms with Gasteiger partial charge in [0, 0.05) is 5.41 Å². The van der Waals surface area contributed by atoms with Crippen molar-refractivity contribution in [2.24, 2.45) is 5.41 Å². The Morgan fingerprint density at radius 1 is 1.23 bits per heavy atom. The lowest BCUT2D eigenvalue weighted by molar-refractivity contribution is -0.121. The Morgan fingerprint density at radius 2 is 1.86 bits per heavy atom. The molecule has 0 aliphatic carbocycles. The molecule has 1 rings (SSSR count). The Kier molecular flexibility index (Phi) is 6.88. The molecule has 1 atom stereocenters. The topological polar surface area (TPSA) is 17.1 Å². The summed E-state index contributed by atoms with van der Waals surface area (Å²) in [5.41, 5.74) is 1.84. The number of benzene rings is 1. The van der Waals surface area contributed by atoms with E-state index in [0.29, 0.717) is 5.33 Å². The summed E-state index contributed by atoms with van der Waals surface area (Å²) in [6.45, 7) is 8.32. The van der Waals surface area contributed by atoms with Gasteiger partial charge in [-0.15, -0.1) is 12.3 Å². The molecular formula is C20H27BrO. The van der Waals surface area contributed by atoms with E-state index >= 15 is 0 Å². The van der Waals surface area contributed by atoms with Gasteiger partial charge in [0.05, 0.1) is 10.7 Å². The Labute approximate surface area is 144 Å². The first-order valence-electron chi connectivity index (χ1n) is 7.89. The van der Waals surface area contributed by atoms with E-state index in [0.717, 1.165) is 31.2 Å². The largest absolute Gasteiger partial charge is 0.298 e. The van der Waals surface area contributed by atoms with Crippen molar-refractivity contribution in [2.75, 3.05) is 5.33 Å². The Hall–Kier alpha value is -1.07. The standard InChI is InChI=1S/C20H27BrO/c1-6-19(3,4)12-7-8-13-20(5,18(22)15-21)17-11-9-10-16(2)14-17/h1,9-11,14H,7-8,12-13,15H2,2-5H3. The number of halogens is 1. The molecule has 2 heteroatoms.